The van der Waals surface area contributed by atoms with Gasteiger partial charge >= 0.3 is 0 Å². The third-order valence-electron chi connectivity index (χ3n) is 3.52. The number of rotatable bonds is 5. The molecule has 2 aromatic heterocycles. The minimum atomic E-state index is -0.558. The van der Waals surface area contributed by atoms with Gasteiger partial charge in [0.05, 0.1) is 10.3 Å². The Labute approximate surface area is 157 Å². The highest BCUT2D eigenvalue weighted by molar-refractivity contribution is 9.11. The Morgan fingerprint density at radius 3 is 2.75 bits per heavy atom. The molecular weight excluding hydrogens is 406 g/mol. The van der Waals surface area contributed by atoms with Gasteiger partial charge < -0.3 is 15.7 Å². The molecule has 0 amide bonds. The Balaban J connectivity index is 1.54. The summed E-state index contributed by atoms with van der Waals surface area (Å²) < 4.78 is 2.31. The van der Waals surface area contributed by atoms with E-state index in [0.29, 0.717) is 19.0 Å². The number of aliphatic imine (C=N–C) groups is 1. The van der Waals surface area contributed by atoms with Crippen molar-refractivity contribution >= 4 is 54.6 Å². The molecular formula is C17H18BrN3OS2. The lowest BCUT2D eigenvalue weighted by atomic mass is 10.2. The number of nitrogens with one attached hydrogen (secondary N) is 2. The van der Waals surface area contributed by atoms with E-state index in [2.05, 4.69) is 49.8 Å². The maximum Gasteiger partial charge on any atom is 0.191 e. The van der Waals surface area contributed by atoms with E-state index < -0.39 is 6.10 Å². The Kier molecular flexibility index (Phi) is 5.89. The third kappa shape index (κ3) is 4.36. The first-order valence-corrected chi connectivity index (χ1v) is 9.93. The van der Waals surface area contributed by atoms with E-state index in [4.69, 9.17) is 0 Å². The molecule has 2 heterocycles. The summed E-state index contributed by atoms with van der Waals surface area (Å²) in [5, 5.41) is 18.0. The number of nitrogens with zero attached hydrogens (tertiary/aromatic N) is 1. The van der Waals surface area contributed by atoms with Gasteiger partial charge in [-0.15, -0.1) is 22.7 Å². The fourth-order valence-electron chi connectivity index (χ4n) is 2.30. The van der Waals surface area contributed by atoms with Gasteiger partial charge in [0.25, 0.3) is 0 Å². The highest BCUT2D eigenvalue weighted by Gasteiger charge is 2.12. The van der Waals surface area contributed by atoms with Crippen LogP contribution in [0.3, 0.4) is 0 Å². The Morgan fingerprint density at radius 1 is 1.21 bits per heavy atom. The molecule has 1 unspecified atom stereocenters. The number of halogens is 1. The highest BCUT2D eigenvalue weighted by Crippen LogP contribution is 2.29. The first kappa shape index (κ1) is 17.4. The maximum absolute atomic E-state index is 10.4. The van der Waals surface area contributed by atoms with E-state index in [1.54, 1.807) is 29.7 Å². The summed E-state index contributed by atoms with van der Waals surface area (Å²) >= 11 is 6.77. The standard InChI is InChI=1S/C17H18BrN3OS2/c1-19-17(20-9-12-6-7-16(18)23-12)21-10-13(22)15-8-11-4-2-3-5-14(11)24-15/h2-8,13,22H,9-10H2,1H3,(H2,19,20,21). The molecule has 0 saturated heterocycles. The van der Waals surface area contributed by atoms with Crippen LogP contribution in [0.15, 0.2) is 51.2 Å². The second-order valence-electron chi connectivity index (χ2n) is 5.21. The van der Waals surface area contributed by atoms with E-state index in [9.17, 15) is 5.11 Å². The average molecular weight is 424 g/mol. The normalized spacial score (nSPS) is 13.2. The van der Waals surface area contributed by atoms with Crippen molar-refractivity contribution in [1.82, 2.24) is 10.6 Å². The second kappa shape index (κ2) is 8.11. The van der Waals surface area contributed by atoms with Crippen LogP contribution in [0.1, 0.15) is 15.9 Å². The average Bonchev–Trinajstić information content (AvgIpc) is 3.20. The summed E-state index contributed by atoms with van der Waals surface area (Å²) in [6.45, 7) is 1.12. The Hall–Kier alpha value is -1.41. The topological polar surface area (TPSA) is 56.7 Å². The molecule has 1 atom stereocenters. The van der Waals surface area contributed by atoms with E-state index in [1.807, 2.05) is 24.3 Å². The van der Waals surface area contributed by atoms with Crippen LogP contribution in [0.4, 0.5) is 0 Å². The molecule has 0 spiro atoms. The molecule has 0 bridgehead atoms. The number of aliphatic hydroxyl groups is 1. The first-order valence-electron chi connectivity index (χ1n) is 7.51. The van der Waals surface area contributed by atoms with Gasteiger partial charge in [-0.25, -0.2) is 0 Å². The summed E-state index contributed by atoms with van der Waals surface area (Å²) in [5.41, 5.74) is 0. The van der Waals surface area contributed by atoms with Gasteiger partial charge in [-0.1, -0.05) is 18.2 Å². The zero-order chi connectivity index (χ0) is 16.9. The van der Waals surface area contributed by atoms with Crippen molar-refractivity contribution in [3.8, 4) is 0 Å². The monoisotopic (exact) mass is 423 g/mol. The maximum atomic E-state index is 10.4. The molecule has 0 fully saturated rings. The van der Waals surface area contributed by atoms with Gasteiger partial charge in [-0.2, -0.15) is 0 Å². The van der Waals surface area contributed by atoms with Crippen molar-refractivity contribution in [2.75, 3.05) is 13.6 Å². The molecule has 0 radical (unpaired) electrons. The van der Waals surface area contributed by atoms with Crippen molar-refractivity contribution in [3.05, 3.63) is 56.0 Å². The predicted molar refractivity (Wildman–Crippen MR) is 107 cm³/mol. The molecule has 3 rings (SSSR count). The van der Waals surface area contributed by atoms with Gasteiger partial charge in [-0.05, 0) is 45.6 Å². The number of hydrogen-bond donors (Lipinski definition) is 3. The smallest absolute Gasteiger partial charge is 0.191 e. The largest absolute Gasteiger partial charge is 0.386 e. The van der Waals surface area contributed by atoms with E-state index >= 15 is 0 Å². The minimum absolute atomic E-state index is 0.417. The molecule has 1 aromatic carbocycles. The Morgan fingerprint density at radius 2 is 2.04 bits per heavy atom. The van der Waals surface area contributed by atoms with Crippen LogP contribution in [-0.4, -0.2) is 24.7 Å². The van der Waals surface area contributed by atoms with Crippen LogP contribution < -0.4 is 10.6 Å². The van der Waals surface area contributed by atoms with Gasteiger partial charge in [0, 0.05) is 28.0 Å². The minimum Gasteiger partial charge on any atom is -0.386 e. The fraction of sp³-hybridized carbons (Fsp3) is 0.235. The molecule has 7 heteroatoms. The van der Waals surface area contributed by atoms with Gasteiger partial charge in [0.1, 0.15) is 6.10 Å². The van der Waals surface area contributed by atoms with Crippen LogP contribution in [-0.2, 0) is 6.54 Å². The van der Waals surface area contributed by atoms with Crippen LogP contribution in [0.5, 0.6) is 0 Å². The molecule has 0 aliphatic heterocycles. The summed E-state index contributed by atoms with van der Waals surface area (Å²) in [7, 11) is 1.73. The number of fused-ring (bicyclic) bond motifs is 1. The lowest BCUT2D eigenvalue weighted by Gasteiger charge is -2.14. The SMILES string of the molecule is CN=C(NCc1ccc(Br)s1)NCC(O)c1cc2ccccc2s1. The number of benzene rings is 1. The summed E-state index contributed by atoms with van der Waals surface area (Å²) in [5.74, 6) is 0.680. The summed E-state index contributed by atoms with van der Waals surface area (Å²) in [6.07, 6.45) is -0.558. The molecule has 24 heavy (non-hydrogen) atoms. The van der Waals surface area contributed by atoms with E-state index in [-0.39, 0.29) is 0 Å². The van der Waals surface area contributed by atoms with Gasteiger partial charge in [0.2, 0.25) is 0 Å². The second-order valence-corrected chi connectivity index (χ2v) is 8.88. The van der Waals surface area contributed by atoms with Crippen molar-refractivity contribution in [1.29, 1.82) is 0 Å². The molecule has 0 saturated carbocycles. The molecule has 4 nitrogen and oxygen atoms in total. The van der Waals surface area contributed by atoms with Gasteiger partial charge in [0.15, 0.2) is 5.96 Å². The first-order chi connectivity index (χ1) is 11.7. The number of aliphatic hydroxyl groups excluding tert-OH is 1. The van der Waals surface area contributed by atoms with Crippen molar-refractivity contribution in [3.63, 3.8) is 0 Å². The van der Waals surface area contributed by atoms with Crippen molar-refractivity contribution < 1.29 is 5.11 Å². The van der Waals surface area contributed by atoms with Crippen LogP contribution in [0, 0.1) is 0 Å². The van der Waals surface area contributed by atoms with Gasteiger partial charge in [-0.3, -0.25) is 4.99 Å². The summed E-state index contributed by atoms with van der Waals surface area (Å²) in [4.78, 5) is 6.37. The third-order valence-corrected chi connectivity index (χ3v) is 6.36. The van der Waals surface area contributed by atoms with Crippen molar-refractivity contribution in [2.24, 2.45) is 4.99 Å². The highest BCUT2D eigenvalue weighted by atomic mass is 79.9. The lowest BCUT2D eigenvalue weighted by molar-refractivity contribution is 0.184. The van der Waals surface area contributed by atoms with Crippen molar-refractivity contribution in [2.45, 2.75) is 12.6 Å². The molecule has 3 N–H and O–H groups in total. The molecule has 3 aromatic rings. The number of hydrogen-bond acceptors (Lipinski definition) is 4. The molecule has 0 aliphatic carbocycles. The van der Waals surface area contributed by atoms with E-state index in [1.165, 1.54) is 15.0 Å². The lowest BCUT2D eigenvalue weighted by Crippen LogP contribution is -2.38. The number of thiophene rings is 2. The Bertz CT molecular complexity index is 810. The quantitative estimate of drug-likeness (QED) is 0.427. The van der Waals surface area contributed by atoms with E-state index in [0.717, 1.165) is 8.66 Å². The summed E-state index contributed by atoms with van der Waals surface area (Å²) in [6, 6.07) is 14.3. The molecule has 126 valence electrons. The fourth-order valence-corrected chi connectivity index (χ4v) is 4.77. The zero-order valence-electron chi connectivity index (χ0n) is 13.1. The number of guanidine groups is 1. The zero-order valence-corrected chi connectivity index (χ0v) is 16.3. The van der Waals surface area contributed by atoms with Crippen LogP contribution in [0.2, 0.25) is 0 Å². The molecule has 0 aliphatic rings. The predicted octanol–water partition coefficient (Wildman–Crippen LogP) is 4.12. The van der Waals surface area contributed by atoms with Crippen LogP contribution >= 0.6 is 38.6 Å². The van der Waals surface area contributed by atoms with Crippen LogP contribution in [0.25, 0.3) is 10.1 Å².